The molecule has 0 saturated heterocycles. The summed E-state index contributed by atoms with van der Waals surface area (Å²) in [5.41, 5.74) is 8.50. The Labute approximate surface area is 123 Å². The van der Waals surface area contributed by atoms with Gasteiger partial charge < -0.3 is 10.6 Å². The van der Waals surface area contributed by atoms with Crippen molar-refractivity contribution in [2.45, 2.75) is 32.4 Å². The van der Waals surface area contributed by atoms with E-state index in [9.17, 15) is 0 Å². The minimum absolute atomic E-state index is 0.0488. The van der Waals surface area contributed by atoms with Crippen LogP contribution in [0.15, 0.2) is 22.7 Å². The van der Waals surface area contributed by atoms with E-state index < -0.39 is 0 Å². The SMILES string of the molecule is CSCCC(C)N(C)c1ccc(Br)cc1C(C)N. The van der Waals surface area contributed by atoms with E-state index in [0.29, 0.717) is 6.04 Å². The lowest BCUT2D eigenvalue weighted by molar-refractivity contribution is 0.662. The average molecular weight is 331 g/mol. The Balaban J connectivity index is 2.93. The molecule has 0 saturated carbocycles. The first-order valence-electron chi connectivity index (χ1n) is 6.24. The van der Waals surface area contributed by atoms with E-state index in [2.05, 4.69) is 59.3 Å². The maximum Gasteiger partial charge on any atom is 0.0415 e. The highest BCUT2D eigenvalue weighted by atomic mass is 79.9. The summed E-state index contributed by atoms with van der Waals surface area (Å²) in [6, 6.07) is 6.93. The predicted molar refractivity (Wildman–Crippen MR) is 87.6 cm³/mol. The molecule has 0 bridgehead atoms. The lowest BCUT2D eigenvalue weighted by atomic mass is 10.0. The third-order valence-electron chi connectivity index (χ3n) is 3.26. The van der Waals surface area contributed by atoms with Crippen LogP contribution in [0.5, 0.6) is 0 Å². The minimum Gasteiger partial charge on any atom is -0.372 e. The molecule has 1 aromatic rings. The van der Waals surface area contributed by atoms with Gasteiger partial charge in [0.1, 0.15) is 0 Å². The van der Waals surface area contributed by atoms with Gasteiger partial charge in [-0.25, -0.2) is 0 Å². The second-order valence-corrected chi connectivity index (χ2v) is 6.63. The van der Waals surface area contributed by atoms with Gasteiger partial charge in [0, 0.05) is 29.3 Å². The minimum atomic E-state index is 0.0488. The molecule has 2 unspecified atom stereocenters. The van der Waals surface area contributed by atoms with Gasteiger partial charge in [0.25, 0.3) is 0 Å². The van der Waals surface area contributed by atoms with E-state index in [1.165, 1.54) is 23.4 Å². The Morgan fingerprint density at radius 3 is 2.61 bits per heavy atom. The third kappa shape index (κ3) is 4.18. The van der Waals surface area contributed by atoms with Crippen LogP contribution in [-0.2, 0) is 0 Å². The number of anilines is 1. The van der Waals surface area contributed by atoms with Gasteiger partial charge in [0.2, 0.25) is 0 Å². The fourth-order valence-corrected chi connectivity index (χ4v) is 2.89. The number of nitrogens with two attached hydrogens (primary N) is 1. The summed E-state index contributed by atoms with van der Waals surface area (Å²) in [6.07, 6.45) is 3.34. The molecule has 0 aliphatic heterocycles. The first kappa shape index (κ1) is 15.9. The van der Waals surface area contributed by atoms with Gasteiger partial charge in [-0.2, -0.15) is 11.8 Å². The molecular formula is C14H23BrN2S. The predicted octanol–water partition coefficient (Wildman–Crippen LogP) is 4.05. The van der Waals surface area contributed by atoms with Crippen molar-refractivity contribution >= 4 is 33.4 Å². The second kappa shape index (κ2) is 7.41. The lowest BCUT2D eigenvalue weighted by Gasteiger charge is -2.30. The van der Waals surface area contributed by atoms with E-state index in [1.807, 2.05) is 18.7 Å². The molecule has 0 aliphatic rings. The fraction of sp³-hybridized carbons (Fsp3) is 0.571. The molecule has 0 spiro atoms. The van der Waals surface area contributed by atoms with Crippen molar-refractivity contribution in [2.24, 2.45) is 5.73 Å². The van der Waals surface area contributed by atoms with Crippen molar-refractivity contribution in [3.05, 3.63) is 28.2 Å². The van der Waals surface area contributed by atoms with Gasteiger partial charge in [-0.15, -0.1) is 0 Å². The molecule has 0 radical (unpaired) electrons. The molecule has 0 fully saturated rings. The number of halogens is 1. The van der Waals surface area contributed by atoms with Gasteiger partial charge in [0.05, 0.1) is 0 Å². The molecule has 0 heterocycles. The van der Waals surface area contributed by atoms with Crippen LogP contribution in [0.4, 0.5) is 5.69 Å². The molecular weight excluding hydrogens is 308 g/mol. The van der Waals surface area contributed by atoms with Gasteiger partial charge in [-0.3, -0.25) is 0 Å². The van der Waals surface area contributed by atoms with Crippen LogP contribution in [0, 0.1) is 0 Å². The van der Waals surface area contributed by atoms with Gasteiger partial charge >= 0.3 is 0 Å². The van der Waals surface area contributed by atoms with Crippen LogP contribution >= 0.6 is 27.7 Å². The van der Waals surface area contributed by atoms with Crippen molar-refractivity contribution < 1.29 is 0 Å². The second-order valence-electron chi connectivity index (χ2n) is 4.73. The Morgan fingerprint density at radius 1 is 1.39 bits per heavy atom. The van der Waals surface area contributed by atoms with E-state index in [-0.39, 0.29) is 6.04 Å². The quantitative estimate of drug-likeness (QED) is 0.853. The maximum absolute atomic E-state index is 6.07. The Morgan fingerprint density at radius 2 is 2.06 bits per heavy atom. The summed E-state index contributed by atoms with van der Waals surface area (Å²) >= 11 is 5.41. The Kier molecular flexibility index (Phi) is 6.53. The molecule has 1 rings (SSSR count). The van der Waals surface area contributed by atoms with Crippen molar-refractivity contribution in [1.82, 2.24) is 0 Å². The normalized spacial score (nSPS) is 14.3. The van der Waals surface area contributed by atoms with Crippen LogP contribution in [0.2, 0.25) is 0 Å². The van der Waals surface area contributed by atoms with Crippen molar-refractivity contribution in [2.75, 3.05) is 24.0 Å². The van der Waals surface area contributed by atoms with Crippen LogP contribution in [0.25, 0.3) is 0 Å². The molecule has 2 atom stereocenters. The Hall–Kier alpha value is -0.190. The topological polar surface area (TPSA) is 29.3 Å². The molecule has 18 heavy (non-hydrogen) atoms. The van der Waals surface area contributed by atoms with Crippen LogP contribution in [0.1, 0.15) is 31.9 Å². The number of hydrogen-bond acceptors (Lipinski definition) is 3. The molecule has 0 aliphatic carbocycles. The maximum atomic E-state index is 6.07. The first-order valence-corrected chi connectivity index (χ1v) is 8.42. The highest BCUT2D eigenvalue weighted by Crippen LogP contribution is 2.29. The van der Waals surface area contributed by atoms with E-state index in [4.69, 9.17) is 5.73 Å². The highest BCUT2D eigenvalue weighted by molar-refractivity contribution is 9.10. The smallest absolute Gasteiger partial charge is 0.0415 e. The average Bonchev–Trinajstić information content (AvgIpc) is 2.34. The lowest BCUT2D eigenvalue weighted by Crippen LogP contribution is -2.30. The summed E-state index contributed by atoms with van der Waals surface area (Å²) < 4.78 is 1.09. The van der Waals surface area contributed by atoms with E-state index in [0.717, 1.165) is 4.47 Å². The number of hydrogen-bond donors (Lipinski definition) is 1. The highest BCUT2D eigenvalue weighted by Gasteiger charge is 2.15. The molecule has 102 valence electrons. The summed E-state index contributed by atoms with van der Waals surface area (Å²) in [5.74, 6) is 1.19. The molecule has 2 N–H and O–H groups in total. The van der Waals surface area contributed by atoms with Gasteiger partial charge in [-0.05, 0) is 56.0 Å². The van der Waals surface area contributed by atoms with Gasteiger partial charge in [-0.1, -0.05) is 15.9 Å². The Bertz CT molecular complexity index is 382. The fourth-order valence-electron chi connectivity index (χ4n) is 1.93. The standard InChI is InChI=1S/C14H23BrN2S/c1-10(7-8-18-4)17(3)14-6-5-12(15)9-13(14)11(2)16/h5-6,9-11H,7-8,16H2,1-4H3. The zero-order chi connectivity index (χ0) is 13.7. The molecule has 1 aromatic carbocycles. The summed E-state index contributed by atoms with van der Waals surface area (Å²) in [7, 11) is 2.15. The number of nitrogens with zero attached hydrogens (tertiary/aromatic N) is 1. The van der Waals surface area contributed by atoms with Crippen molar-refractivity contribution in [3.8, 4) is 0 Å². The molecule has 2 nitrogen and oxygen atoms in total. The van der Waals surface area contributed by atoms with Crippen LogP contribution < -0.4 is 10.6 Å². The summed E-state index contributed by atoms with van der Waals surface area (Å²) in [5, 5.41) is 0. The zero-order valence-corrected chi connectivity index (χ0v) is 14.0. The monoisotopic (exact) mass is 330 g/mol. The van der Waals surface area contributed by atoms with E-state index >= 15 is 0 Å². The number of thioether (sulfide) groups is 1. The molecule has 0 aromatic heterocycles. The molecule has 4 heteroatoms. The summed E-state index contributed by atoms with van der Waals surface area (Å²) in [4.78, 5) is 2.33. The number of rotatable bonds is 6. The summed E-state index contributed by atoms with van der Waals surface area (Å²) in [6.45, 7) is 4.30. The molecule has 0 amide bonds. The van der Waals surface area contributed by atoms with Crippen LogP contribution in [0.3, 0.4) is 0 Å². The van der Waals surface area contributed by atoms with Gasteiger partial charge in [0.15, 0.2) is 0 Å². The number of benzene rings is 1. The van der Waals surface area contributed by atoms with Crippen molar-refractivity contribution in [3.63, 3.8) is 0 Å². The zero-order valence-electron chi connectivity index (χ0n) is 11.6. The van der Waals surface area contributed by atoms with Crippen LogP contribution in [-0.4, -0.2) is 25.1 Å². The first-order chi connectivity index (χ1) is 8.47. The van der Waals surface area contributed by atoms with E-state index in [1.54, 1.807) is 0 Å². The third-order valence-corrected chi connectivity index (χ3v) is 4.40. The largest absolute Gasteiger partial charge is 0.372 e. The van der Waals surface area contributed by atoms with Crippen molar-refractivity contribution in [1.29, 1.82) is 0 Å².